The van der Waals surface area contributed by atoms with Gasteiger partial charge in [-0.15, -0.1) is 0 Å². The summed E-state index contributed by atoms with van der Waals surface area (Å²) in [7, 11) is 0. The van der Waals surface area contributed by atoms with Crippen molar-refractivity contribution in [2.24, 2.45) is 5.84 Å². The average molecular weight is 166 g/mol. The summed E-state index contributed by atoms with van der Waals surface area (Å²) in [6.07, 6.45) is 0.829. The second kappa shape index (κ2) is 3.49. The Morgan fingerprint density at radius 3 is 2.50 bits per heavy atom. The highest BCUT2D eigenvalue weighted by molar-refractivity contribution is 5.44. The molecule has 0 radical (unpaired) electrons. The summed E-state index contributed by atoms with van der Waals surface area (Å²) in [5.74, 6) is 6.85. The lowest BCUT2D eigenvalue weighted by molar-refractivity contribution is 0.904. The van der Waals surface area contributed by atoms with E-state index in [9.17, 15) is 0 Å². The number of nitrogens with zero attached hydrogens (tertiary/aromatic N) is 2. The fraction of sp³-hybridized carbons (Fsp3) is 0.500. The molecule has 3 N–H and O–H groups in total. The minimum atomic E-state index is 0.722. The molecule has 0 fully saturated rings. The van der Waals surface area contributed by atoms with Gasteiger partial charge in [0, 0.05) is 17.7 Å². The highest BCUT2D eigenvalue weighted by Crippen LogP contribution is 2.13. The van der Waals surface area contributed by atoms with Gasteiger partial charge in [-0.2, -0.15) is 0 Å². The van der Waals surface area contributed by atoms with Gasteiger partial charge in [0.2, 0.25) is 0 Å². The van der Waals surface area contributed by atoms with Crippen molar-refractivity contribution in [3.63, 3.8) is 0 Å². The molecule has 0 aromatic carbocycles. The average Bonchev–Trinajstić information content (AvgIpc) is 2.09. The number of rotatable bonds is 2. The van der Waals surface area contributed by atoms with Crippen molar-refractivity contribution in [2.75, 3.05) is 5.43 Å². The molecule has 1 heterocycles. The van der Waals surface area contributed by atoms with E-state index in [1.807, 2.05) is 20.8 Å². The quantitative estimate of drug-likeness (QED) is 0.507. The number of hydrazine groups is 1. The van der Waals surface area contributed by atoms with Crippen molar-refractivity contribution >= 4 is 5.82 Å². The number of aryl methyl sites for hydroxylation is 2. The summed E-state index contributed by atoms with van der Waals surface area (Å²) in [5.41, 5.74) is 4.55. The first-order valence-electron chi connectivity index (χ1n) is 3.99. The molecule has 1 aromatic heterocycles. The first-order chi connectivity index (χ1) is 5.69. The van der Waals surface area contributed by atoms with Crippen molar-refractivity contribution in [1.29, 1.82) is 0 Å². The maximum Gasteiger partial charge on any atom is 0.146 e. The molecule has 0 aliphatic heterocycles. The summed E-state index contributed by atoms with van der Waals surface area (Å²) >= 11 is 0. The Hall–Kier alpha value is -1.16. The van der Waals surface area contributed by atoms with Gasteiger partial charge in [0.05, 0.1) is 0 Å². The number of nitrogen functional groups attached to an aromatic ring is 1. The standard InChI is InChI=1S/C8H14N4/c1-4-7-10-6(3)5(2)8(11-7)12-9/h4,9H2,1-3H3,(H,10,11,12). The SMILES string of the molecule is CCc1nc(C)c(C)c(NN)n1. The maximum atomic E-state index is 5.30. The van der Waals surface area contributed by atoms with E-state index >= 15 is 0 Å². The van der Waals surface area contributed by atoms with Gasteiger partial charge >= 0.3 is 0 Å². The molecular weight excluding hydrogens is 152 g/mol. The summed E-state index contributed by atoms with van der Waals surface area (Å²) in [6, 6.07) is 0. The number of hydrogen-bond donors (Lipinski definition) is 2. The number of aromatic nitrogens is 2. The summed E-state index contributed by atoms with van der Waals surface area (Å²) in [4.78, 5) is 8.52. The Labute approximate surface area is 72.2 Å². The van der Waals surface area contributed by atoms with Crippen LogP contribution in [0, 0.1) is 13.8 Å². The van der Waals surface area contributed by atoms with E-state index < -0.39 is 0 Å². The molecule has 1 rings (SSSR count). The van der Waals surface area contributed by atoms with Crippen molar-refractivity contribution in [3.8, 4) is 0 Å². The van der Waals surface area contributed by atoms with Crippen LogP contribution in [-0.4, -0.2) is 9.97 Å². The first-order valence-corrected chi connectivity index (χ1v) is 3.99. The minimum Gasteiger partial charge on any atom is -0.308 e. The third kappa shape index (κ3) is 1.53. The van der Waals surface area contributed by atoms with Gasteiger partial charge in [0.25, 0.3) is 0 Å². The number of anilines is 1. The van der Waals surface area contributed by atoms with Crippen LogP contribution in [-0.2, 0) is 6.42 Å². The largest absolute Gasteiger partial charge is 0.308 e. The van der Waals surface area contributed by atoms with Crippen LogP contribution >= 0.6 is 0 Å². The van der Waals surface area contributed by atoms with Gasteiger partial charge in [0.15, 0.2) is 0 Å². The molecular formula is C8H14N4. The van der Waals surface area contributed by atoms with Gasteiger partial charge < -0.3 is 5.43 Å². The maximum absolute atomic E-state index is 5.30. The van der Waals surface area contributed by atoms with E-state index in [0.29, 0.717) is 0 Å². The lowest BCUT2D eigenvalue weighted by atomic mass is 10.2. The summed E-state index contributed by atoms with van der Waals surface area (Å²) < 4.78 is 0. The fourth-order valence-electron chi connectivity index (χ4n) is 0.985. The van der Waals surface area contributed by atoms with Crippen LogP contribution in [0.4, 0.5) is 5.82 Å². The van der Waals surface area contributed by atoms with Crippen LogP contribution in [0.15, 0.2) is 0 Å². The fourth-order valence-corrected chi connectivity index (χ4v) is 0.985. The molecule has 0 amide bonds. The molecule has 4 heteroatoms. The Bertz CT molecular complexity index is 283. The molecule has 0 saturated carbocycles. The van der Waals surface area contributed by atoms with Gasteiger partial charge in [-0.1, -0.05) is 6.92 Å². The van der Waals surface area contributed by atoms with Crippen LogP contribution in [0.5, 0.6) is 0 Å². The van der Waals surface area contributed by atoms with Crippen LogP contribution in [0.3, 0.4) is 0 Å². The monoisotopic (exact) mass is 166 g/mol. The molecule has 0 aliphatic carbocycles. The molecule has 0 aliphatic rings. The Morgan fingerprint density at radius 1 is 1.33 bits per heavy atom. The molecule has 0 bridgehead atoms. The molecule has 12 heavy (non-hydrogen) atoms. The molecule has 1 aromatic rings. The lowest BCUT2D eigenvalue weighted by Crippen LogP contribution is -2.13. The Balaban J connectivity index is 3.19. The minimum absolute atomic E-state index is 0.722. The zero-order chi connectivity index (χ0) is 9.14. The lowest BCUT2D eigenvalue weighted by Gasteiger charge is -2.07. The highest BCUT2D eigenvalue weighted by Gasteiger charge is 2.04. The smallest absolute Gasteiger partial charge is 0.146 e. The molecule has 4 nitrogen and oxygen atoms in total. The zero-order valence-electron chi connectivity index (χ0n) is 7.68. The van der Waals surface area contributed by atoms with Gasteiger partial charge in [-0.3, -0.25) is 0 Å². The molecule has 0 atom stereocenters. The van der Waals surface area contributed by atoms with E-state index in [1.165, 1.54) is 0 Å². The predicted octanol–water partition coefficient (Wildman–Crippen LogP) is 0.941. The molecule has 0 unspecified atom stereocenters. The van der Waals surface area contributed by atoms with Crippen LogP contribution in [0.2, 0.25) is 0 Å². The summed E-state index contributed by atoms with van der Waals surface area (Å²) in [5, 5.41) is 0. The van der Waals surface area contributed by atoms with Crippen LogP contribution in [0.1, 0.15) is 24.0 Å². The van der Waals surface area contributed by atoms with Crippen LogP contribution in [0.25, 0.3) is 0 Å². The molecule has 0 spiro atoms. The number of nitrogens with two attached hydrogens (primary N) is 1. The number of hydrogen-bond acceptors (Lipinski definition) is 4. The Kier molecular flexibility index (Phi) is 2.60. The van der Waals surface area contributed by atoms with E-state index in [-0.39, 0.29) is 0 Å². The van der Waals surface area contributed by atoms with Crippen molar-refractivity contribution in [1.82, 2.24) is 9.97 Å². The zero-order valence-corrected chi connectivity index (χ0v) is 7.68. The molecule has 0 saturated heterocycles. The van der Waals surface area contributed by atoms with Crippen LogP contribution < -0.4 is 11.3 Å². The first kappa shape index (κ1) is 8.93. The van der Waals surface area contributed by atoms with Crippen molar-refractivity contribution < 1.29 is 0 Å². The van der Waals surface area contributed by atoms with E-state index in [0.717, 1.165) is 29.3 Å². The predicted molar refractivity (Wildman–Crippen MR) is 48.7 cm³/mol. The van der Waals surface area contributed by atoms with Crippen molar-refractivity contribution in [3.05, 3.63) is 17.1 Å². The molecule has 66 valence electrons. The van der Waals surface area contributed by atoms with E-state index in [2.05, 4.69) is 15.4 Å². The third-order valence-corrected chi connectivity index (χ3v) is 1.89. The van der Waals surface area contributed by atoms with Gasteiger partial charge in [-0.25, -0.2) is 15.8 Å². The van der Waals surface area contributed by atoms with Crippen molar-refractivity contribution in [2.45, 2.75) is 27.2 Å². The second-order valence-corrected chi connectivity index (χ2v) is 2.70. The highest BCUT2D eigenvalue weighted by atomic mass is 15.3. The van der Waals surface area contributed by atoms with Gasteiger partial charge in [0.1, 0.15) is 11.6 Å². The normalized spacial score (nSPS) is 10.0. The Morgan fingerprint density at radius 2 is 2.00 bits per heavy atom. The second-order valence-electron chi connectivity index (χ2n) is 2.70. The van der Waals surface area contributed by atoms with E-state index in [1.54, 1.807) is 0 Å². The third-order valence-electron chi connectivity index (χ3n) is 1.89. The topological polar surface area (TPSA) is 63.8 Å². The summed E-state index contributed by atoms with van der Waals surface area (Å²) in [6.45, 7) is 5.92. The van der Waals surface area contributed by atoms with Gasteiger partial charge in [-0.05, 0) is 13.8 Å². The number of nitrogens with one attached hydrogen (secondary N) is 1. The van der Waals surface area contributed by atoms with E-state index in [4.69, 9.17) is 5.84 Å².